The molecule has 0 spiro atoms. The minimum atomic E-state index is -3.69. The molecule has 24 heavy (non-hydrogen) atoms. The van der Waals surface area contributed by atoms with Crippen LogP contribution in [0.1, 0.15) is 25.3 Å². The van der Waals surface area contributed by atoms with Crippen molar-refractivity contribution in [3.05, 3.63) is 23.8 Å². The van der Waals surface area contributed by atoms with Crippen molar-refractivity contribution in [2.75, 3.05) is 20.1 Å². The van der Waals surface area contributed by atoms with E-state index in [1.165, 1.54) is 25.2 Å². The first kappa shape index (κ1) is 19.3. The van der Waals surface area contributed by atoms with E-state index in [0.29, 0.717) is 5.56 Å². The van der Waals surface area contributed by atoms with Crippen LogP contribution in [0, 0.1) is 12.8 Å². The highest BCUT2D eigenvalue weighted by Crippen LogP contribution is 2.21. The number of hydrogen-bond acceptors (Lipinski definition) is 5. The van der Waals surface area contributed by atoms with Crippen LogP contribution in [0.15, 0.2) is 28.0 Å². The van der Waals surface area contributed by atoms with E-state index in [2.05, 4.69) is 14.8 Å². The first-order chi connectivity index (χ1) is 11.2. The van der Waals surface area contributed by atoms with E-state index in [1.807, 2.05) is 6.92 Å². The van der Waals surface area contributed by atoms with Gasteiger partial charge in [0.2, 0.25) is 20.0 Å². The number of piperidine rings is 1. The molecule has 7 nitrogen and oxygen atoms in total. The summed E-state index contributed by atoms with van der Waals surface area (Å²) in [5.41, 5.74) is 0.388. The summed E-state index contributed by atoms with van der Waals surface area (Å²) in [5, 5.41) is 3.27. The van der Waals surface area contributed by atoms with Gasteiger partial charge in [0.25, 0.3) is 0 Å². The normalized spacial score (nSPS) is 20.7. The van der Waals surface area contributed by atoms with Crippen LogP contribution < -0.4 is 14.8 Å². The van der Waals surface area contributed by atoms with Crippen LogP contribution in [0.2, 0.25) is 0 Å². The molecule has 1 aromatic rings. The number of hydrogen-bond donors (Lipinski definition) is 3. The van der Waals surface area contributed by atoms with Crippen molar-refractivity contribution in [1.82, 2.24) is 14.8 Å². The fourth-order valence-corrected chi connectivity index (χ4v) is 5.26. The summed E-state index contributed by atoms with van der Waals surface area (Å²) in [4.78, 5) is 0.152. The number of sulfonamides is 2. The van der Waals surface area contributed by atoms with Crippen LogP contribution in [-0.2, 0) is 20.0 Å². The Kier molecular flexibility index (Phi) is 6.03. The van der Waals surface area contributed by atoms with Crippen LogP contribution in [0.4, 0.5) is 0 Å². The summed E-state index contributed by atoms with van der Waals surface area (Å²) < 4.78 is 53.9. The van der Waals surface area contributed by atoms with Gasteiger partial charge in [-0.1, -0.05) is 0 Å². The lowest BCUT2D eigenvalue weighted by Gasteiger charge is -2.28. The Morgan fingerprint density at radius 2 is 1.92 bits per heavy atom. The lowest BCUT2D eigenvalue weighted by Crippen LogP contribution is -2.44. The zero-order valence-electron chi connectivity index (χ0n) is 14.2. The first-order valence-corrected chi connectivity index (χ1v) is 10.9. The highest BCUT2D eigenvalue weighted by molar-refractivity contribution is 7.90. The summed E-state index contributed by atoms with van der Waals surface area (Å²) in [5.74, 6) is 0.249. The van der Waals surface area contributed by atoms with E-state index >= 15 is 0 Å². The highest BCUT2D eigenvalue weighted by Gasteiger charge is 2.26. The molecular formula is C15H25N3O4S2. The molecule has 3 N–H and O–H groups in total. The van der Waals surface area contributed by atoms with Gasteiger partial charge < -0.3 is 5.32 Å². The molecule has 0 aliphatic carbocycles. The third kappa shape index (κ3) is 4.34. The average molecular weight is 376 g/mol. The van der Waals surface area contributed by atoms with Gasteiger partial charge in [0.15, 0.2) is 0 Å². The molecule has 2 unspecified atom stereocenters. The van der Waals surface area contributed by atoms with Gasteiger partial charge in [0, 0.05) is 6.04 Å². The van der Waals surface area contributed by atoms with E-state index in [-0.39, 0.29) is 21.8 Å². The van der Waals surface area contributed by atoms with Gasteiger partial charge in [-0.25, -0.2) is 26.3 Å². The lowest BCUT2D eigenvalue weighted by atomic mass is 9.94. The van der Waals surface area contributed by atoms with E-state index < -0.39 is 20.0 Å². The third-order valence-corrected chi connectivity index (χ3v) is 7.53. The van der Waals surface area contributed by atoms with Crippen LogP contribution >= 0.6 is 0 Å². The number of rotatable bonds is 6. The number of aryl methyl sites for hydroxylation is 1. The summed E-state index contributed by atoms with van der Waals surface area (Å²) in [6, 6.07) is 3.84. The minimum absolute atomic E-state index is 0.0747. The predicted molar refractivity (Wildman–Crippen MR) is 92.8 cm³/mol. The molecule has 2 atom stereocenters. The van der Waals surface area contributed by atoms with Gasteiger partial charge in [-0.2, -0.15) is 0 Å². The maximum absolute atomic E-state index is 12.6. The SMILES string of the molecule is CNS(=O)(=O)c1ccc(S(=O)(=O)NC(C)C2CCCNC2)cc1C. The smallest absolute Gasteiger partial charge is 0.240 e. The van der Waals surface area contributed by atoms with Gasteiger partial charge >= 0.3 is 0 Å². The number of nitrogens with one attached hydrogen (secondary N) is 3. The second-order valence-corrected chi connectivity index (χ2v) is 9.72. The highest BCUT2D eigenvalue weighted by atomic mass is 32.2. The lowest BCUT2D eigenvalue weighted by molar-refractivity contribution is 0.320. The molecule has 1 aliphatic rings. The molecule has 0 saturated carbocycles. The molecule has 9 heteroatoms. The summed E-state index contributed by atoms with van der Waals surface area (Å²) in [6.45, 7) is 5.21. The average Bonchev–Trinajstić information content (AvgIpc) is 2.55. The summed E-state index contributed by atoms with van der Waals surface area (Å²) >= 11 is 0. The van der Waals surface area contributed by atoms with Gasteiger partial charge in [0.1, 0.15) is 0 Å². The standard InChI is InChI=1S/C15H25N3O4S2/c1-11-9-14(6-7-15(11)24(21,22)16-3)23(19,20)18-12(2)13-5-4-8-17-10-13/h6-7,9,12-13,16-18H,4-5,8,10H2,1-3H3. The second kappa shape index (κ2) is 7.49. The molecule has 0 bridgehead atoms. The van der Waals surface area contributed by atoms with Gasteiger partial charge in [-0.3, -0.25) is 0 Å². The van der Waals surface area contributed by atoms with Crippen LogP contribution in [0.5, 0.6) is 0 Å². The monoisotopic (exact) mass is 375 g/mol. The molecule has 0 radical (unpaired) electrons. The minimum Gasteiger partial charge on any atom is -0.316 e. The Balaban J connectivity index is 2.21. The molecule has 1 aromatic carbocycles. The van der Waals surface area contributed by atoms with Gasteiger partial charge in [0.05, 0.1) is 9.79 Å². The van der Waals surface area contributed by atoms with E-state index in [9.17, 15) is 16.8 Å². The third-order valence-electron chi connectivity index (χ3n) is 4.40. The van der Waals surface area contributed by atoms with E-state index in [0.717, 1.165) is 25.9 Å². The molecule has 1 aliphatic heterocycles. The van der Waals surface area contributed by atoms with E-state index in [4.69, 9.17) is 0 Å². The summed E-state index contributed by atoms with van der Waals surface area (Å²) in [6.07, 6.45) is 2.02. The van der Waals surface area contributed by atoms with Crippen LogP contribution in [0.25, 0.3) is 0 Å². The first-order valence-electron chi connectivity index (χ1n) is 7.94. The van der Waals surface area contributed by atoms with Crippen molar-refractivity contribution in [2.24, 2.45) is 5.92 Å². The molecule has 2 rings (SSSR count). The van der Waals surface area contributed by atoms with Crippen LogP contribution in [-0.4, -0.2) is 43.0 Å². The fourth-order valence-electron chi connectivity index (χ4n) is 2.92. The fraction of sp³-hybridized carbons (Fsp3) is 0.600. The molecule has 1 fully saturated rings. The van der Waals surface area contributed by atoms with E-state index in [1.54, 1.807) is 6.92 Å². The molecule has 1 heterocycles. The Labute approximate surface area is 144 Å². The van der Waals surface area contributed by atoms with Crippen LogP contribution in [0.3, 0.4) is 0 Å². The molecular weight excluding hydrogens is 350 g/mol. The van der Waals surface area contributed by atoms with Crippen molar-refractivity contribution in [3.63, 3.8) is 0 Å². The van der Waals surface area contributed by atoms with Crippen molar-refractivity contribution >= 4 is 20.0 Å². The Morgan fingerprint density at radius 3 is 2.46 bits per heavy atom. The van der Waals surface area contributed by atoms with Crippen molar-refractivity contribution in [1.29, 1.82) is 0 Å². The Morgan fingerprint density at radius 1 is 1.21 bits per heavy atom. The number of benzene rings is 1. The molecule has 0 amide bonds. The van der Waals surface area contributed by atoms with Gasteiger partial charge in [-0.15, -0.1) is 0 Å². The molecule has 1 saturated heterocycles. The zero-order chi connectivity index (χ0) is 18.0. The molecule has 136 valence electrons. The topological polar surface area (TPSA) is 104 Å². The molecule has 0 aromatic heterocycles. The quantitative estimate of drug-likeness (QED) is 0.674. The van der Waals surface area contributed by atoms with Crippen molar-refractivity contribution in [3.8, 4) is 0 Å². The van der Waals surface area contributed by atoms with Gasteiger partial charge in [-0.05, 0) is 76.5 Å². The largest absolute Gasteiger partial charge is 0.316 e. The van der Waals surface area contributed by atoms with Crippen molar-refractivity contribution < 1.29 is 16.8 Å². The Hall–Kier alpha value is -1.00. The predicted octanol–water partition coefficient (Wildman–Crippen LogP) is 0.570. The zero-order valence-corrected chi connectivity index (χ0v) is 15.8. The Bertz CT molecular complexity index is 785. The summed E-state index contributed by atoms with van der Waals surface area (Å²) in [7, 11) is -5.98. The second-order valence-electron chi connectivity index (χ2n) is 6.15. The maximum atomic E-state index is 12.6. The van der Waals surface area contributed by atoms with Crippen molar-refractivity contribution in [2.45, 2.75) is 42.5 Å². The maximum Gasteiger partial charge on any atom is 0.240 e.